The Morgan fingerprint density at radius 2 is 2.05 bits per heavy atom. The van der Waals surface area contributed by atoms with Crippen molar-refractivity contribution in [2.24, 2.45) is 0 Å². The van der Waals surface area contributed by atoms with E-state index < -0.39 is 5.97 Å². The molecular formula is C15H12N2O2. The summed E-state index contributed by atoms with van der Waals surface area (Å²) in [5.41, 5.74) is 3.85. The number of pyridine rings is 1. The minimum atomic E-state index is -0.929. The van der Waals surface area contributed by atoms with Crippen LogP contribution in [0.15, 0.2) is 48.8 Å². The largest absolute Gasteiger partial charge is 0.478 e. The molecule has 3 aromatic rings. The van der Waals surface area contributed by atoms with E-state index in [1.54, 1.807) is 18.2 Å². The second-order valence-electron chi connectivity index (χ2n) is 4.48. The van der Waals surface area contributed by atoms with Gasteiger partial charge in [0.2, 0.25) is 0 Å². The monoisotopic (exact) mass is 252 g/mol. The van der Waals surface area contributed by atoms with Crippen molar-refractivity contribution in [2.75, 3.05) is 0 Å². The molecule has 0 bridgehead atoms. The molecule has 0 saturated heterocycles. The van der Waals surface area contributed by atoms with Crippen LogP contribution in [0.5, 0.6) is 0 Å². The number of aryl methyl sites for hydroxylation is 1. The molecule has 1 aromatic carbocycles. The molecule has 0 aliphatic carbocycles. The zero-order valence-electron chi connectivity index (χ0n) is 10.4. The number of aromatic nitrogens is 2. The number of fused-ring (bicyclic) bond motifs is 1. The van der Waals surface area contributed by atoms with Crippen molar-refractivity contribution in [2.45, 2.75) is 6.92 Å². The van der Waals surface area contributed by atoms with Crippen LogP contribution in [0, 0.1) is 6.92 Å². The quantitative estimate of drug-likeness (QED) is 0.762. The summed E-state index contributed by atoms with van der Waals surface area (Å²) in [6.07, 6.45) is 3.90. The Kier molecular flexibility index (Phi) is 2.56. The third kappa shape index (κ3) is 2.08. The van der Waals surface area contributed by atoms with Gasteiger partial charge >= 0.3 is 5.97 Å². The normalized spacial score (nSPS) is 10.8. The minimum absolute atomic E-state index is 0.269. The van der Waals surface area contributed by atoms with E-state index in [-0.39, 0.29) is 5.56 Å². The zero-order valence-corrected chi connectivity index (χ0v) is 10.4. The van der Waals surface area contributed by atoms with Gasteiger partial charge in [0.1, 0.15) is 5.65 Å². The topological polar surface area (TPSA) is 54.6 Å². The summed E-state index contributed by atoms with van der Waals surface area (Å²) in [6, 6.07) is 10.7. The maximum atomic E-state index is 11.0. The van der Waals surface area contributed by atoms with Crippen molar-refractivity contribution in [3.05, 3.63) is 59.9 Å². The molecule has 0 spiro atoms. The molecule has 1 N–H and O–H groups in total. The van der Waals surface area contributed by atoms with Gasteiger partial charge in [-0.05, 0) is 30.7 Å². The second kappa shape index (κ2) is 4.24. The molecule has 0 radical (unpaired) electrons. The van der Waals surface area contributed by atoms with Crippen LogP contribution in [0.25, 0.3) is 16.9 Å². The predicted octanol–water partition coefficient (Wildman–Crippen LogP) is 3.01. The average molecular weight is 252 g/mol. The minimum Gasteiger partial charge on any atom is -0.478 e. The Morgan fingerprint density at radius 3 is 2.84 bits per heavy atom. The third-order valence-electron chi connectivity index (χ3n) is 3.00. The average Bonchev–Trinajstić information content (AvgIpc) is 2.81. The maximum absolute atomic E-state index is 11.0. The number of aromatic carboxylic acids is 1. The highest BCUT2D eigenvalue weighted by atomic mass is 16.4. The molecular weight excluding hydrogens is 240 g/mol. The molecule has 4 nitrogen and oxygen atoms in total. The van der Waals surface area contributed by atoms with Gasteiger partial charge in [-0.15, -0.1) is 0 Å². The van der Waals surface area contributed by atoms with Crippen LogP contribution in [0.4, 0.5) is 0 Å². The fourth-order valence-corrected chi connectivity index (χ4v) is 2.05. The number of benzene rings is 1. The van der Waals surface area contributed by atoms with Gasteiger partial charge in [0.25, 0.3) is 0 Å². The first-order chi connectivity index (χ1) is 9.13. The third-order valence-corrected chi connectivity index (χ3v) is 3.00. The van der Waals surface area contributed by atoms with Crippen LogP contribution in [0.1, 0.15) is 15.9 Å². The van der Waals surface area contributed by atoms with Gasteiger partial charge in [0.15, 0.2) is 0 Å². The second-order valence-corrected chi connectivity index (χ2v) is 4.48. The predicted molar refractivity (Wildman–Crippen MR) is 72.3 cm³/mol. The number of hydrogen-bond acceptors (Lipinski definition) is 2. The summed E-state index contributed by atoms with van der Waals surface area (Å²) < 4.78 is 1.94. The molecule has 0 saturated carbocycles. The lowest BCUT2D eigenvalue weighted by Crippen LogP contribution is -1.95. The Labute approximate surface area is 110 Å². The molecule has 0 fully saturated rings. The van der Waals surface area contributed by atoms with Crippen molar-refractivity contribution >= 4 is 11.6 Å². The Bertz CT molecular complexity index is 775. The first-order valence-corrected chi connectivity index (χ1v) is 5.92. The summed E-state index contributed by atoms with van der Waals surface area (Å²) in [7, 11) is 0. The van der Waals surface area contributed by atoms with Crippen molar-refractivity contribution in [3.8, 4) is 11.3 Å². The van der Waals surface area contributed by atoms with Gasteiger partial charge in [-0.2, -0.15) is 0 Å². The van der Waals surface area contributed by atoms with E-state index in [4.69, 9.17) is 5.11 Å². The zero-order chi connectivity index (χ0) is 13.4. The highest BCUT2D eigenvalue weighted by Gasteiger charge is 2.08. The first kappa shape index (κ1) is 11.5. The summed E-state index contributed by atoms with van der Waals surface area (Å²) in [6.45, 7) is 2.02. The van der Waals surface area contributed by atoms with E-state index in [9.17, 15) is 4.79 Å². The number of carboxylic acid groups (broad SMARTS) is 1. The van der Waals surface area contributed by atoms with Crippen molar-refractivity contribution in [1.29, 1.82) is 0 Å². The Morgan fingerprint density at radius 1 is 1.21 bits per heavy atom. The van der Waals surface area contributed by atoms with E-state index in [0.717, 1.165) is 22.5 Å². The van der Waals surface area contributed by atoms with Crippen LogP contribution < -0.4 is 0 Å². The van der Waals surface area contributed by atoms with Crippen LogP contribution in [0.2, 0.25) is 0 Å². The van der Waals surface area contributed by atoms with Crippen molar-refractivity contribution in [3.63, 3.8) is 0 Å². The SMILES string of the molecule is Cc1ccc2nc(-c3cccc(C(=O)O)c3)cn2c1. The molecule has 2 heterocycles. The molecule has 3 rings (SSSR count). The maximum Gasteiger partial charge on any atom is 0.335 e. The van der Waals surface area contributed by atoms with E-state index in [2.05, 4.69) is 4.98 Å². The van der Waals surface area contributed by atoms with Gasteiger partial charge < -0.3 is 9.51 Å². The van der Waals surface area contributed by atoms with Crippen LogP contribution in [-0.4, -0.2) is 20.5 Å². The molecule has 94 valence electrons. The highest BCUT2D eigenvalue weighted by Crippen LogP contribution is 2.20. The van der Waals surface area contributed by atoms with Gasteiger partial charge in [0, 0.05) is 18.0 Å². The fourth-order valence-electron chi connectivity index (χ4n) is 2.05. The number of carboxylic acids is 1. The van der Waals surface area contributed by atoms with E-state index >= 15 is 0 Å². The summed E-state index contributed by atoms with van der Waals surface area (Å²) in [5.74, 6) is -0.929. The molecule has 19 heavy (non-hydrogen) atoms. The van der Waals surface area contributed by atoms with Crippen molar-refractivity contribution in [1.82, 2.24) is 9.38 Å². The van der Waals surface area contributed by atoms with E-state index in [1.807, 2.05) is 41.9 Å². The Hall–Kier alpha value is -2.62. The van der Waals surface area contributed by atoms with Crippen molar-refractivity contribution < 1.29 is 9.90 Å². The van der Waals surface area contributed by atoms with Gasteiger partial charge in [0.05, 0.1) is 11.3 Å². The van der Waals surface area contributed by atoms with Crippen LogP contribution in [0.3, 0.4) is 0 Å². The first-order valence-electron chi connectivity index (χ1n) is 5.92. The standard InChI is InChI=1S/C15H12N2O2/c1-10-5-6-14-16-13(9-17(14)8-10)11-3-2-4-12(7-11)15(18)19/h2-9H,1H3,(H,18,19). The highest BCUT2D eigenvalue weighted by molar-refractivity contribution is 5.89. The number of hydrogen-bond donors (Lipinski definition) is 1. The van der Waals surface area contributed by atoms with Gasteiger partial charge in [-0.25, -0.2) is 9.78 Å². The van der Waals surface area contributed by atoms with Gasteiger partial charge in [-0.1, -0.05) is 18.2 Å². The fraction of sp³-hybridized carbons (Fsp3) is 0.0667. The van der Waals surface area contributed by atoms with E-state index in [1.165, 1.54) is 0 Å². The number of nitrogens with zero attached hydrogens (tertiary/aromatic N) is 2. The molecule has 0 amide bonds. The smallest absolute Gasteiger partial charge is 0.335 e. The van der Waals surface area contributed by atoms with Gasteiger partial charge in [-0.3, -0.25) is 0 Å². The lowest BCUT2D eigenvalue weighted by atomic mass is 10.1. The lowest BCUT2D eigenvalue weighted by molar-refractivity contribution is 0.0697. The number of imidazole rings is 1. The van der Waals surface area contributed by atoms with Crippen LogP contribution >= 0.6 is 0 Å². The molecule has 4 heteroatoms. The number of rotatable bonds is 2. The summed E-state index contributed by atoms with van der Waals surface area (Å²) in [4.78, 5) is 15.5. The molecule has 0 atom stereocenters. The van der Waals surface area contributed by atoms with Crippen LogP contribution in [-0.2, 0) is 0 Å². The lowest BCUT2D eigenvalue weighted by Gasteiger charge is -1.98. The number of carbonyl (C=O) groups is 1. The summed E-state index contributed by atoms with van der Waals surface area (Å²) in [5, 5.41) is 9.01. The summed E-state index contributed by atoms with van der Waals surface area (Å²) >= 11 is 0. The molecule has 2 aromatic heterocycles. The molecule has 0 unspecified atom stereocenters. The van der Waals surface area contributed by atoms with E-state index in [0.29, 0.717) is 0 Å². The molecule has 0 aliphatic rings. The molecule has 0 aliphatic heterocycles. The Balaban J connectivity index is 2.13.